The number of fused-ring (bicyclic) bond motifs is 1. The molecular formula is C28H23FN4O3. The van der Waals surface area contributed by atoms with E-state index >= 15 is 4.39 Å². The van der Waals surface area contributed by atoms with Gasteiger partial charge in [0.1, 0.15) is 6.33 Å². The Bertz CT molecular complexity index is 1520. The Balaban J connectivity index is 1.29. The highest BCUT2D eigenvalue weighted by atomic mass is 19.1. The number of hydrogen-bond donors (Lipinski definition) is 1. The second-order valence-electron chi connectivity index (χ2n) is 8.22. The standard InChI is InChI=1S/C28H23FN4O3/c1-19-6-5-9-21(14-19)32-28(34)33-13-12-23-24(33)10-11-25(27(23)29)36-26-15-22(30-18-31-26)17-35-16-20-7-3-2-4-8-20/h2-15,18H,16-17H2,1H3,(H,32,34). The monoisotopic (exact) mass is 482 g/mol. The van der Waals surface area contributed by atoms with Crippen molar-refractivity contribution in [1.82, 2.24) is 14.5 Å². The first kappa shape index (κ1) is 23.2. The van der Waals surface area contributed by atoms with Crippen molar-refractivity contribution in [2.45, 2.75) is 20.1 Å². The Morgan fingerprint density at radius 1 is 0.972 bits per heavy atom. The number of halogens is 1. The van der Waals surface area contributed by atoms with Gasteiger partial charge in [0.15, 0.2) is 11.6 Å². The molecule has 0 unspecified atom stereocenters. The van der Waals surface area contributed by atoms with Gasteiger partial charge in [0.2, 0.25) is 5.88 Å². The zero-order valence-electron chi connectivity index (χ0n) is 19.5. The lowest BCUT2D eigenvalue weighted by atomic mass is 10.2. The summed E-state index contributed by atoms with van der Waals surface area (Å²) in [7, 11) is 0. The quantitative estimate of drug-likeness (QED) is 0.288. The van der Waals surface area contributed by atoms with Crippen molar-refractivity contribution in [3.05, 3.63) is 114 Å². The number of carbonyl (C=O) groups excluding carboxylic acids is 1. The zero-order valence-corrected chi connectivity index (χ0v) is 19.5. The van der Waals surface area contributed by atoms with Crippen LogP contribution >= 0.6 is 0 Å². The molecule has 5 rings (SSSR count). The molecule has 1 N–H and O–H groups in total. The summed E-state index contributed by atoms with van der Waals surface area (Å²) in [6, 6.07) is 23.1. The lowest BCUT2D eigenvalue weighted by Crippen LogP contribution is -2.18. The minimum atomic E-state index is -0.588. The molecular weight excluding hydrogens is 459 g/mol. The van der Waals surface area contributed by atoms with Crippen LogP contribution in [0.4, 0.5) is 14.9 Å². The number of ether oxygens (including phenoxy) is 2. The maximum Gasteiger partial charge on any atom is 0.330 e. The van der Waals surface area contributed by atoms with Gasteiger partial charge in [-0.15, -0.1) is 0 Å². The lowest BCUT2D eigenvalue weighted by Gasteiger charge is -2.10. The average Bonchev–Trinajstić information content (AvgIpc) is 3.32. The van der Waals surface area contributed by atoms with Gasteiger partial charge in [0.05, 0.1) is 24.4 Å². The predicted molar refractivity (Wildman–Crippen MR) is 135 cm³/mol. The van der Waals surface area contributed by atoms with Crippen LogP contribution in [0, 0.1) is 12.7 Å². The molecule has 0 saturated heterocycles. The SMILES string of the molecule is Cc1cccc(NC(=O)n2ccc3c(F)c(Oc4cc(COCc5ccccc5)ncn4)ccc32)c1. The Kier molecular flexibility index (Phi) is 6.68. The van der Waals surface area contributed by atoms with Crippen molar-refractivity contribution < 1.29 is 18.7 Å². The maximum absolute atomic E-state index is 15.3. The van der Waals surface area contributed by atoms with Crippen LogP contribution in [0.3, 0.4) is 0 Å². The highest BCUT2D eigenvalue weighted by Gasteiger charge is 2.16. The van der Waals surface area contributed by atoms with Crippen molar-refractivity contribution in [3.8, 4) is 11.6 Å². The second kappa shape index (κ2) is 10.4. The molecule has 0 aliphatic heterocycles. The summed E-state index contributed by atoms with van der Waals surface area (Å²) >= 11 is 0. The predicted octanol–water partition coefficient (Wildman–Crippen LogP) is 6.47. The van der Waals surface area contributed by atoms with Gasteiger partial charge < -0.3 is 14.8 Å². The number of benzene rings is 3. The summed E-state index contributed by atoms with van der Waals surface area (Å²) < 4.78 is 28.0. The number of rotatable bonds is 7. The van der Waals surface area contributed by atoms with E-state index in [9.17, 15) is 4.79 Å². The van der Waals surface area contributed by atoms with E-state index in [1.807, 2.05) is 55.5 Å². The third kappa shape index (κ3) is 5.24. The van der Waals surface area contributed by atoms with Gasteiger partial charge in [0, 0.05) is 23.3 Å². The number of nitrogens with one attached hydrogen (secondary N) is 1. The molecule has 2 aromatic heterocycles. The molecule has 0 radical (unpaired) electrons. The van der Waals surface area contributed by atoms with Crippen LogP contribution in [0.5, 0.6) is 11.6 Å². The Morgan fingerprint density at radius 2 is 1.83 bits per heavy atom. The molecule has 0 aliphatic rings. The van der Waals surface area contributed by atoms with E-state index in [0.717, 1.165) is 11.1 Å². The Hall–Kier alpha value is -4.56. The molecule has 36 heavy (non-hydrogen) atoms. The minimum Gasteiger partial charge on any atom is -0.436 e. The van der Waals surface area contributed by atoms with E-state index in [1.165, 1.54) is 29.2 Å². The molecule has 1 amide bonds. The first-order valence-corrected chi connectivity index (χ1v) is 11.3. The summed E-state index contributed by atoms with van der Waals surface area (Å²) in [5.74, 6) is -0.400. The van der Waals surface area contributed by atoms with E-state index in [4.69, 9.17) is 9.47 Å². The average molecular weight is 483 g/mol. The number of amides is 1. The van der Waals surface area contributed by atoms with Crippen LogP contribution in [0.15, 0.2) is 91.4 Å². The molecule has 5 aromatic rings. The molecule has 0 bridgehead atoms. The van der Waals surface area contributed by atoms with Gasteiger partial charge in [-0.25, -0.2) is 19.2 Å². The fourth-order valence-electron chi connectivity index (χ4n) is 3.80. The van der Waals surface area contributed by atoms with E-state index in [0.29, 0.717) is 23.5 Å². The second-order valence-corrected chi connectivity index (χ2v) is 8.22. The van der Waals surface area contributed by atoms with Gasteiger partial charge >= 0.3 is 6.03 Å². The summed E-state index contributed by atoms with van der Waals surface area (Å²) in [6.07, 6.45) is 2.87. The number of aryl methyl sites for hydroxylation is 1. The van der Waals surface area contributed by atoms with Crippen LogP contribution in [0.2, 0.25) is 0 Å². The first-order valence-electron chi connectivity index (χ1n) is 11.3. The third-order valence-corrected chi connectivity index (χ3v) is 5.53. The molecule has 0 saturated carbocycles. The van der Waals surface area contributed by atoms with Crippen LogP contribution < -0.4 is 10.1 Å². The molecule has 7 nitrogen and oxygen atoms in total. The van der Waals surface area contributed by atoms with E-state index in [-0.39, 0.29) is 29.7 Å². The third-order valence-electron chi connectivity index (χ3n) is 5.53. The lowest BCUT2D eigenvalue weighted by molar-refractivity contribution is 0.104. The molecule has 2 heterocycles. The Morgan fingerprint density at radius 3 is 2.67 bits per heavy atom. The smallest absolute Gasteiger partial charge is 0.330 e. The molecule has 0 fully saturated rings. The first-order chi connectivity index (χ1) is 17.6. The molecule has 0 aliphatic carbocycles. The highest BCUT2D eigenvalue weighted by molar-refractivity contribution is 5.99. The van der Waals surface area contributed by atoms with Gasteiger partial charge in [-0.3, -0.25) is 4.57 Å². The molecule has 3 aromatic carbocycles. The van der Waals surface area contributed by atoms with Crippen molar-refractivity contribution in [3.63, 3.8) is 0 Å². The number of anilines is 1. The topological polar surface area (TPSA) is 78.3 Å². The summed E-state index contributed by atoms with van der Waals surface area (Å²) in [6.45, 7) is 2.64. The van der Waals surface area contributed by atoms with Crippen LogP contribution in [-0.2, 0) is 18.0 Å². The maximum atomic E-state index is 15.3. The normalized spacial score (nSPS) is 10.9. The van der Waals surface area contributed by atoms with E-state index < -0.39 is 5.82 Å². The summed E-state index contributed by atoms with van der Waals surface area (Å²) in [4.78, 5) is 21.0. The van der Waals surface area contributed by atoms with Gasteiger partial charge in [0.25, 0.3) is 0 Å². The van der Waals surface area contributed by atoms with Gasteiger partial charge in [-0.2, -0.15) is 0 Å². The molecule has 0 atom stereocenters. The summed E-state index contributed by atoms with van der Waals surface area (Å²) in [5.41, 5.74) is 3.76. The van der Waals surface area contributed by atoms with Crippen LogP contribution in [0.1, 0.15) is 16.8 Å². The number of hydrogen-bond acceptors (Lipinski definition) is 5. The molecule has 0 spiro atoms. The van der Waals surface area contributed by atoms with Crippen molar-refractivity contribution in [2.24, 2.45) is 0 Å². The fourth-order valence-corrected chi connectivity index (χ4v) is 3.80. The van der Waals surface area contributed by atoms with Crippen LogP contribution in [0.25, 0.3) is 10.9 Å². The number of nitrogens with zero attached hydrogens (tertiary/aromatic N) is 3. The van der Waals surface area contributed by atoms with Gasteiger partial charge in [-0.1, -0.05) is 42.5 Å². The van der Waals surface area contributed by atoms with Crippen molar-refractivity contribution in [1.29, 1.82) is 0 Å². The number of carbonyl (C=O) groups is 1. The largest absolute Gasteiger partial charge is 0.436 e. The molecule has 180 valence electrons. The van der Waals surface area contributed by atoms with Crippen LogP contribution in [-0.4, -0.2) is 20.6 Å². The van der Waals surface area contributed by atoms with E-state index in [1.54, 1.807) is 18.2 Å². The minimum absolute atomic E-state index is 0.00537. The summed E-state index contributed by atoms with van der Waals surface area (Å²) in [5, 5.41) is 3.08. The fraction of sp³-hybridized carbons (Fsp3) is 0.107. The van der Waals surface area contributed by atoms with Gasteiger partial charge in [-0.05, 0) is 48.4 Å². The van der Waals surface area contributed by atoms with Crippen molar-refractivity contribution in [2.75, 3.05) is 5.32 Å². The molecule has 8 heteroatoms. The highest BCUT2D eigenvalue weighted by Crippen LogP contribution is 2.30. The number of aromatic nitrogens is 3. The zero-order chi connectivity index (χ0) is 24.9. The van der Waals surface area contributed by atoms with Crippen molar-refractivity contribution >= 4 is 22.6 Å². The Labute approximate surface area is 207 Å². The van der Waals surface area contributed by atoms with E-state index in [2.05, 4.69) is 15.3 Å².